The first-order valence-corrected chi connectivity index (χ1v) is 10.5. The van der Waals surface area contributed by atoms with E-state index in [1.54, 1.807) is 50.6 Å². The Bertz CT molecular complexity index is 1070. The molecule has 30 heavy (non-hydrogen) atoms. The molecule has 3 rings (SSSR count). The number of esters is 1. The van der Waals surface area contributed by atoms with Crippen LogP contribution in [0.5, 0.6) is 11.5 Å². The largest absolute Gasteiger partial charge is 0.493 e. The molecule has 0 atom stereocenters. The zero-order valence-corrected chi connectivity index (χ0v) is 18.6. The molecule has 3 aromatic rings. The summed E-state index contributed by atoms with van der Waals surface area (Å²) in [6.45, 7) is 0.0101. The quantitative estimate of drug-likeness (QED) is 0.273. The first-order chi connectivity index (χ1) is 14.6. The minimum absolute atomic E-state index is 0.0101. The van der Waals surface area contributed by atoms with E-state index in [9.17, 15) is 4.79 Å². The van der Waals surface area contributed by atoms with Crippen molar-refractivity contribution >= 4 is 33.7 Å². The topological polar surface area (TPSA) is 83.7 Å². The highest BCUT2D eigenvalue weighted by Gasteiger charge is 2.12. The molecular weight excluding hydrogens is 472 g/mol. The van der Waals surface area contributed by atoms with Gasteiger partial charge in [-0.2, -0.15) is 0 Å². The summed E-state index contributed by atoms with van der Waals surface area (Å²) in [6.07, 6.45) is 0. The van der Waals surface area contributed by atoms with Gasteiger partial charge in [-0.15, -0.1) is 10.2 Å². The standard InChI is InChI=1S/C21H17BrN2O5S/c1-26-17-10-7-15(13-18(17)27-2)19-23-24-21(29-19)30-12-4-3-11-28-20(25)14-5-8-16(22)9-6-14/h5-10,13H,11-12H2,1-2H3. The second kappa shape index (κ2) is 10.7. The van der Waals surface area contributed by atoms with Crippen LogP contribution in [-0.4, -0.2) is 42.7 Å². The molecule has 0 saturated carbocycles. The van der Waals surface area contributed by atoms with Crippen molar-refractivity contribution in [3.63, 3.8) is 0 Å². The normalized spacial score (nSPS) is 10.1. The molecule has 0 aliphatic rings. The summed E-state index contributed by atoms with van der Waals surface area (Å²) in [6, 6.07) is 12.3. The highest BCUT2D eigenvalue weighted by atomic mass is 79.9. The van der Waals surface area contributed by atoms with Crippen molar-refractivity contribution in [1.82, 2.24) is 10.2 Å². The molecule has 2 aromatic carbocycles. The van der Waals surface area contributed by atoms with Crippen LogP contribution in [0, 0.1) is 11.8 Å². The Morgan fingerprint density at radius 1 is 1.07 bits per heavy atom. The predicted octanol–water partition coefficient (Wildman–Crippen LogP) is 4.47. The summed E-state index contributed by atoms with van der Waals surface area (Å²) in [7, 11) is 3.13. The van der Waals surface area contributed by atoms with Gasteiger partial charge in [0.15, 0.2) is 18.1 Å². The number of hydrogen-bond donors (Lipinski definition) is 0. The third kappa shape index (κ3) is 5.78. The molecule has 154 valence electrons. The monoisotopic (exact) mass is 488 g/mol. The Kier molecular flexibility index (Phi) is 7.76. The van der Waals surface area contributed by atoms with Gasteiger partial charge in [0.1, 0.15) is 0 Å². The van der Waals surface area contributed by atoms with Crippen molar-refractivity contribution in [2.24, 2.45) is 0 Å². The minimum Gasteiger partial charge on any atom is -0.493 e. The molecule has 9 heteroatoms. The summed E-state index contributed by atoms with van der Waals surface area (Å²) in [4.78, 5) is 11.9. The fraction of sp³-hybridized carbons (Fsp3) is 0.190. The number of ether oxygens (including phenoxy) is 3. The Labute approximate surface area is 186 Å². The molecule has 0 N–H and O–H groups in total. The van der Waals surface area contributed by atoms with Crippen molar-refractivity contribution in [1.29, 1.82) is 0 Å². The van der Waals surface area contributed by atoms with Gasteiger partial charge in [-0.25, -0.2) is 4.79 Å². The van der Waals surface area contributed by atoms with Gasteiger partial charge in [0.2, 0.25) is 5.89 Å². The maximum atomic E-state index is 11.9. The molecular formula is C21H17BrN2O5S. The van der Waals surface area contributed by atoms with Crippen LogP contribution in [0.1, 0.15) is 10.4 Å². The van der Waals surface area contributed by atoms with E-state index < -0.39 is 5.97 Å². The SMILES string of the molecule is COc1ccc(-c2nnc(SCC#CCOC(=O)c3ccc(Br)cc3)o2)cc1OC. The first kappa shape index (κ1) is 21.7. The lowest BCUT2D eigenvalue weighted by Crippen LogP contribution is -2.04. The number of carbonyl (C=O) groups excluding carboxylic acids is 1. The maximum Gasteiger partial charge on any atom is 0.339 e. The molecule has 7 nitrogen and oxygen atoms in total. The second-order valence-corrected chi connectivity index (χ2v) is 7.51. The number of halogens is 1. The van der Waals surface area contributed by atoms with Gasteiger partial charge < -0.3 is 18.6 Å². The summed E-state index contributed by atoms with van der Waals surface area (Å²) >= 11 is 4.61. The summed E-state index contributed by atoms with van der Waals surface area (Å²) in [5, 5.41) is 8.43. The molecule has 0 aliphatic heterocycles. The van der Waals surface area contributed by atoms with E-state index in [4.69, 9.17) is 18.6 Å². The molecule has 0 saturated heterocycles. The van der Waals surface area contributed by atoms with Crippen LogP contribution in [-0.2, 0) is 4.74 Å². The Hall–Kier alpha value is -2.96. The number of thioether (sulfide) groups is 1. The van der Waals surface area contributed by atoms with Crippen LogP contribution in [0.2, 0.25) is 0 Å². The van der Waals surface area contributed by atoms with E-state index in [0.717, 1.165) is 10.0 Å². The van der Waals surface area contributed by atoms with E-state index in [1.165, 1.54) is 11.8 Å². The number of rotatable bonds is 7. The summed E-state index contributed by atoms with van der Waals surface area (Å²) in [5.41, 5.74) is 1.20. The fourth-order valence-corrected chi connectivity index (χ4v) is 3.12. The molecule has 0 unspecified atom stereocenters. The average molecular weight is 489 g/mol. The highest BCUT2D eigenvalue weighted by molar-refractivity contribution is 9.10. The van der Waals surface area contributed by atoms with Gasteiger partial charge in [-0.1, -0.05) is 39.5 Å². The Balaban J connectivity index is 1.48. The number of hydrogen-bond acceptors (Lipinski definition) is 8. The molecule has 0 aliphatic carbocycles. The van der Waals surface area contributed by atoms with Crippen molar-refractivity contribution in [2.75, 3.05) is 26.6 Å². The van der Waals surface area contributed by atoms with Gasteiger partial charge in [-0.3, -0.25) is 0 Å². The maximum absolute atomic E-state index is 11.9. The fourth-order valence-electron chi connectivity index (χ4n) is 2.32. The van der Waals surface area contributed by atoms with Crippen LogP contribution >= 0.6 is 27.7 Å². The molecule has 0 amide bonds. The lowest BCUT2D eigenvalue weighted by atomic mass is 10.2. The molecule has 1 heterocycles. The zero-order valence-electron chi connectivity index (χ0n) is 16.2. The lowest BCUT2D eigenvalue weighted by molar-refractivity contribution is 0.0556. The van der Waals surface area contributed by atoms with Gasteiger partial charge in [0.25, 0.3) is 5.22 Å². The van der Waals surface area contributed by atoms with Crippen LogP contribution < -0.4 is 9.47 Å². The van der Waals surface area contributed by atoms with E-state index >= 15 is 0 Å². The van der Waals surface area contributed by atoms with Crippen molar-refractivity contribution in [2.45, 2.75) is 5.22 Å². The van der Waals surface area contributed by atoms with Crippen molar-refractivity contribution in [3.8, 4) is 34.8 Å². The van der Waals surface area contributed by atoms with Crippen LogP contribution in [0.25, 0.3) is 11.5 Å². The van der Waals surface area contributed by atoms with E-state index in [0.29, 0.717) is 33.9 Å². The van der Waals surface area contributed by atoms with Gasteiger partial charge >= 0.3 is 5.97 Å². The van der Waals surface area contributed by atoms with Gasteiger partial charge in [0, 0.05) is 10.0 Å². The minimum atomic E-state index is -0.416. The predicted molar refractivity (Wildman–Crippen MR) is 116 cm³/mol. The van der Waals surface area contributed by atoms with E-state index in [2.05, 4.69) is 38.0 Å². The lowest BCUT2D eigenvalue weighted by Gasteiger charge is -2.07. The van der Waals surface area contributed by atoms with Crippen molar-refractivity contribution < 1.29 is 23.4 Å². The summed E-state index contributed by atoms with van der Waals surface area (Å²) in [5.74, 6) is 7.25. The third-order valence-corrected chi connectivity index (χ3v) is 5.01. The highest BCUT2D eigenvalue weighted by Crippen LogP contribution is 2.32. The van der Waals surface area contributed by atoms with E-state index in [1.807, 2.05) is 6.07 Å². The van der Waals surface area contributed by atoms with Crippen LogP contribution in [0.15, 0.2) is 56.6 Å². The Morgan fingerprint density at radius 2 is 1.83 bits per heavy atom. The van der Waals surface area contributed by atoms with Crippen molar-refractivity contribution in [3.05, 3.63) is 52.5 Å². The van der Waals surface area contributed by atoms with Gasteiger partial charge in [0.05, 0.1) is 25.5 Å². The number of benzene rings is 2. The van der Waals surface area contributed by atoms with Gasteiger partial charge in [-0.05, 0) is 42.5 Å². The molecule has 0 radical (unpaired) electrons. The number of aromatic nitrogens is 2. The molecule has 0 fully saturated rings. The Morgan fingerprint density at radius 3 is 2.57 bits per heavy atom. The van der Waals surface area contributed by atoms with Crippen LogP contribution in [0.3, 0.4) is 0 Å². The molecule has 1 aromatic heterocycles. The second-order valence-electron chi connectivity index (χ2n) is 5.67. The average Bonchev–Trinajstić information content (AvgIpc) is 3.25. The van der Waals surface area contributed by atoms with E-state index in [-0.39, 0.29) is 6.61 Å². The summed E-state index contributed by atoms with van der Waals surface area (Å²) < 4.78 is 22.1. The molecule has 0 bridgehead atoms. The third-order valence-electron chi connectivity index (χ3n) is 3.79. The number of nitrogens with zero attached hydrogens (tertiary/aromatic N) is 2. The zero-order chi connectivity index (χ0) is 21.3. The van der Waals surface area contributed by atoms with Crippen LogP contribution in [0.4, 0.5) is 0 Å². The first-order valence-electron chi connectivity index (χ1n) is 8.68. The number of methoxy groups -OCH3 is 2. The number of carbonyl (C=O) groups is 1. The molecule has 0 spiro atoms. The smallest absolute Gasteiger partial charge is 0.339 e.